The Kier molecular flexibility index (Phi) is 8.91. The zero-order valence-electron chi connectivity index (χ0n) is 23.3. The fourth-order valence-corrected chi connectivity index (χ4v) is 4.72. The summed E-state index contributed by atoms with van der Waals surface area (Å²) < 4.78 is 24.0. The van der Waals surface area contributed by atoms with Crippen LogP contribution >= 0.6 is 0 Å². The van der Waals surface area contributed by atoms with Gasteiger partial charge < -0.3 is 18.9 Å². The van der Waals surface area contributed by atoms with Crippen molar-refractivity contribution in [1.82, 2.24) is 9.55 Å². The first kappa shape index (κ1) is 29.9. The summed E-state index contributed by atoms with van der Waals surface area (Å²) in [6.45, 7) is 0.828. The Morgan fingerprint density at radius 3 is 1.75 bits per heavy atom. The summed E-state index contributed by atoms with van der Waals surface area (Å²) >= 11 is 0. The third-order valence-corrected chi connectivity index (χ3v) is 6.97. The Labute approximate surface area is 249 Å². The van der Waals surface area contributed by atoms with E-state index in [1.54, 1.807) is 54.6 Å². The number of H-pyrrole nitrogens is 1. The summed E-state index contributed by atoms with van der Waals surface area (Å²) in [5, 5.41) is 0. The molecule has 4 atom stereocenters. The third kappa shape index (κ3) is 6.25. The standard InChI is InChI=1S/C32H26N2O10/c1-19-23(17-35)34(32(40)33-27(19)36)28-26(44-31(39)22-15-9-4-10-16-22)25(43-30(38)21-13-7-3-8-14-21)24(42-28)18-41-29(37)20-11-5-2-6-12-20/h2-17,24-26,28H,18H2,1H3,(H,33,36,40)/t24-,25-,26-,28-/m1/s1. The highest BCUT2D eigenvalue weighted by Gasteiger charge is 2.52. The summed E-state index contributed by atoms with van der Waals surface area (Å²) in [7, 11) is 0. The Balaban J connectivity index is 1.57. The summed E-state index contributed by atoms with van der Waals surface area (Å²) in [4.78, 5) is 78.9. The van der Waals surface area contributed by atoms with Crippen molar-refractivity contribution < 1.29 is 38.1 Å². The first-order valence-corrected chi connectivity index (χ1v) is 13.5. The maximum Gasteiger partial charge on any atom is 0.338 e. The summed E-state index contributed by atoms with van der Waals surface area (Å²) in [6.07, 6.45) is -5.56. The summed E-state index contributed by atoms with van der Waals surface area (Å²) in [5.74, 6) is -2.39. The fourth-order valence-electron chi connectivity index (χ4n) is 4.72. The maximum absolute atomic E-state index is 13.3. The number of rotatable bonds is 9. The highest BCUT2D eigenvalue weighted by molar-refractivity contribution is 5.91. The Bertz CT molecular complexity index is 1780. The average molecular weight is 599 g/mol. The van der Waals surface area contributed by atoms with Gasteiger partial charge in [-0.1, -0.05) is 54.6 Å². The second-order valence-corrected chi connectivity index (χ2v) is 9.76. The van der Waals surface area contributed by atoms with Crippen LogP contribution in [-0.4, -0.2) is 58.7 Å². The first-order valence-electron chi connectivity index (χ1n) is 13.5. The van der Waals surface area contributed by atoms with Crippen LogP contribution in [0.25, 0.3) is 0 Å². The molecule has 0 saturated carbocycles. The lowest BCUT2D eigenvalue weighted by molar-refractivity contribution is -0.0645. The minimum absolute atomic E-state index is 0.104. The molecule has 3 aromatic carbocycles. The highest BCUT2D eigenvalue weighted by Crippen LogP contribution is 2.35. The van der Waals surface area contributed by atoms with Gasteiger partial charge in [0.15, 0.2) is 24.7 Å². The van der Waals surface area contributed by atoms with E-state index in [1.165, 1.54) is 43.3 Å². The number of aromatic nitrogens is 2. The number of nitrogens with zero attached hydrogens (tertiary/aromatic N) is 1. The Morgan fingerprint density at radius 2 is 1.25 bits per heavy atom. The molecule has 0 bridgehead atoms. The van der Waals surface area contributed by atoms with Crippen LogP contribution in [0.3, 0.4) is 0 Å². The monoisotopic (exact) mass is 598 g/mol. The van der Waals surface area contributed by atoms with E-state index in [0.717, 1.165) is 4.57 Å². The predicted molar refractivity (Wildman–Crippen MR) is 153 cm³/mol. The number of nitrogens with one attached hydrogen (secondary N) is 1. The molecule has 0 amide bonds. The largest absolute Gasteiger partial charge is 0.459 e. The fraction of sp³-hybridized carbons (Fsp3) is 0.188. The molecule has 1 N–H and O–H groups in total. The molecule has 4 aromatic rings. The smallest absolute Gasteiger partial charge is 0.338 e. The average Bonchev–Trinajstić information content (AvgIpc) is 3.37. The molecule has 1 aliphatic rings. The highest BCUT2D eigenvalue weighted by atomic mass is 16.7. The molecule has 0 spiro atoms. The van der Waals surface area contributed by atoms with Gasteiger partial charge in [0.2, 0.25) is 0 Å². The van der Waals surface area contributed by atoms with Crippen molar-refractivity contribution in [2.24, 2.45) is 0 Å². The maximum atomic E-state index is 13.3. The molecular formula is C32H26N2O10. The number of aromatic amines is 1. The Morgan fingerprint density at radius 1 is 0.773 bits per heavy atom. The van der Waals surface area contributed by atoms with Crippen molar-refractivity contribution in [3.05, 3.63) is 140 Å². The van der Waals surface area contributed by atoms with E-state index in [9.17, 15) is 28.8 Å². The van der Waals surface area contributed by atoms with Gasteiger partial charge in [-0.2, -0.15) is 0 Å². The molecule has 44 heavy (non-hydrogen) atoms. The van der Waals surface area contributed by atoms with Gasteiger partial charge in [0.25, 0.3) is 5.56 Å². The number of ether oxygens (including phenoxy) is 4. The molecule has 2 heterocycles. The van der Waals surface area contributed by atoms with Crippen molar-refractivity contribution in [2.75, 3.05) is 6.61 Å². The molecule has 12 nitrogen and oxygen atoms in total. The minimum Gasteiger partial charge on any atom is -0.459 e. The molecule has 12 heteroatoms. The third-order valence-electron chi connectivity index (χ3n) is 6.97. The molecule has 1 fully saturated rings. The number of benzene rings is 3. The van der Waals surface area contributed by atoms with E-state index in [-0.39, 0.29) is 27.9 Å². The van der Waals surface area contributed by atoms with Gasteiger partial charge in [0, 0.05) is 5.56 Å². The number of carbonyl (C=O) groups excluding carboxylic acids is 4. The van der Waals surface area contributed by atoms with Crippen LogP contribution in [-0.2, 0) is 18.9 Å². The second kappa shape index (κ2) is 13.1. The van der Waals surface area contributed by atoms with Crippen LogP contribution in [0.5, 0.6) is 0 Å². The van der Waals surface area contributed by atoms with E-state index < -0.39 is 60.3 Å². The quantitative estimate of drug-likeness (QED) is 0.172. The lowest BCUT2D eigenvalue weighted by Crippen LogP contribution is -2.44. The van der Waals surface area contributed by atoms with Crippen molar-refractivity contribution >= 4 is 24.2 Å². The van der Waals surface area contributed by atoms with Crippen molar-refractivity contribution in [1.29, 1.82) is 0 Å². The predicted octanol–water partition coefficient (Wildman–Crippen LogP) is 2.86. The number of aldehydes is 1. The van der Waals surface area contributed by atoms with Gasteiger partial charge in [-0.05, 0) is 43.3 Å². The second-order valence-electron chi connectivity index (χ2n) is 9.76. The van der Waals surface area contributed by atoms with Crippen LogP contribution in [0.1, 0.15) is 53.4 Å². The zero-order chi connectivity index (χ0) is 31.2. The van der Waals surface area contributed by atoms with E-state index in [0.29, 0.717) is 6.29 Å². The van der Waals surface area contributed by atoms with Gasteiger partial charge in [-0.25, -0.2) is 19.2 Å². The van der Waals surface area contributed by atoms with Crippen LogP contribution in [0.15, 0.2) is 101 Å². The SMILES string of the molecule is Cc1c(C=O)n([C@@H]2O[C@H](COC(=O)c3ccccc3)[C@@H](OC(=O)c3ccccc3)[C@H]2OC(=O)c2ccccc2)c(=O)[nH]c1=O. The van der Waals surface area contributed by atoms with Crippen LogP contribution < -0.4 is 11.2 Å². The van der Waals surface area contributed by atoms with E-state index >= 15 is 0 Å². The number of carbonyl (C=O) groups is 4. The zero-order valence-corrected chi connectivity index (χ0v) is 23.3. The molecule has 0 radical (unpaired) electrons. The number of hydrogen-bond donors (Lipinski definition) is 1. The number of esters is 3. The van der Waals surface area contributed by atoms with E-state index in [1.807, 2.05) is 0 Å². The lowest BCUT2D eigenvalue weighted by Gasteiger charge is -2.25. The van der Waals surface area contributed by atoms with Gasteiger partial charge in [0.1, 0.15) is 12.7 Å². The van der Waals surface area contributed by atoms with Crippen molar-refractivity contribution in [3.8, 4) is 0 Å². The van der Waals surface area contributed by atoms with E-state index in [2.05, 4.69) is 4.98 Å². The molecule has 224 valence electrons. The molecule has 0 aliphatic carbocycles. The number of hydrogen-bond acceptors (Lipinski definition) is 10. The topological polar surface area (TPSA) is 160 Å². The minimum atomic E-state index is -1.58. The van der Waals surface area contributed by atoms with Crippen LogP contribution in [0.4, 0.5) is 0 Å². The van der Waals surface area contributed by atoms with Crippen LogP contribution in [0.2, 0.25) is 0 Å². The molecule has 1 saturated heterocycles. The van der Waals surface area contributed by atoms with Gasteiger partial charge in [-0.15, -0.1) is 0 Å². The molecular weight excluding hydrogens is 572 g/mol. The first-order chi connectivity index (χ1) is 21.3. The van der Waals surface area contributed by atoms with Gasteiger partial charge in [-0.3, -0.25) is 19.1 Å². The van der Waals surface area contributed by atoms with Crippen LogP contribution in [0, 0.1) is 6.92 Å². The van der Waals surface area contributed by atoms with Crippen molar-refractivity contribution in [3.63, 3.8) is 0 Å². The normalized spacial score (nSPS) is 19.1. The van der Waals surface area contributed by atoms with E-state index in [4.69, 9.17) is 18.9 Å². The Hall–Kier alpha value is -5.62. The molecule has 1 aromatic heterocycles. The van der Waals surface area contributed by atoms with Gasteiger partial charge >= 0.3 is 23.6 Å². The van der Waals surface area contributed by atoms with Crippen molar-refractivity contribution in [2.45, 2.75) is 31.5 Å². The summed E-state index contributed by atoms with van der Waals surface area (Å²) in [5.41, 5.74) is -1.75. The van der Waals surface area contributed by atoms with Gasteiger partial charge in [0.05, 0.1) is 22.4 Å². The summed E-state index contributed by atoms with van der Waals surface area (Å²) in [6, 6.07) is 23.9. The molecule has 5 rings (SSSR count). The molecule has 1 aliphatic heterocycles. The molecule has 0 unspecified atom stereocenters. The lowest BCUT2D eigenvalue weighted by atomic mass is 10.1.